The minimum Gasteiger partial charge on any atom is -0.382 e. The predicted molar refractivity (Wildman–Crippen MR) is 93.3 cm³/mol. The van der Waals surface area contributed by atoms with E-state index in [9.17, 15) is 0 Å². The predicted octanol–water partition coefficient (Wildman–Crippen LogP) is 2.38. The number of aromatic nitrogens is 3. The van der Waals surface area contributed by atoms with E-state index in [1.165, 1.54) is 19.2 Å². The van der Waals surface area contributed by atoms with Crippen molar-refractivity contribution in [2.75, 3.05) is 36.8 Å². The molecular weight excluding hydrogens is 344 g/mol. The van der Waals surface area contributed by atoms with Crippen LogP contribution in [0, 0.1) is 0 Å². The molecule has 0 spiro atoms. The Kier molecular flexibility index (Phi) is 4.54. The van der Waals surface area contributed by atoms with Gasteiger partial charge in [-0.2, -0.15) is 5.10 Å². The van der Waals surface area contributed by atoms with Crippen molar-refractivity contribution in [3.8, 4) is 0 Å². The molecule has 3 rings (SSSR count). The van der Waals surface area contributed by atoms with Crippen molar-refractivity contribution in [2.24, 2.45) is 0 Å². The first-order valence-electron chi connectivity index (χ1n) is 7.92. The van der Waals surface area contributed by atoms with Gasteiger partial charge < -0.3 is 15.5 Å². The molecule has 0 unspecified atom stereocenters. The van der Waals surface area contributed by atoms with Gasteiger partial charge in [0.1, 0.15) is 17.7 Å². The van der Waals surface area contributed by atoms with E-state index in [0.717, 1.165) is 42.0 Å². The van der Waals surface area contributed by atoms with Crippen LogP contribution in [0.1, 0.15) is 26.7 Å². The first kappa shape index (κ1) is 15.6. The van der Waals surface area contributed by atoms with Gasteiger partial charge in [-0.15, -0.1) is 0 Å². The van der Waals surface area contributed by atoms with Gasteiger partial charge in [-0.1, -0.05) is 13.8 Å². The van der Waals surface area contributed by atoms with E-state index >= 15 is 0 Å². The molecule has 120 valence electrons. The highest BCUT2D eigenvalue weighted by atomic mass is 79.9. The summed E-state index contributed by atoms with van der Waals surface area (Å²) in [6, 6.07) is 2.79. The van der Waals surface area contributed by atoms with Crippen LogP contribution in [0.2, 0.25) is 0 Å². The van der Waals surface area contributed by atoms with Crippen LogP contribution in [-0.2, 0) is 0 Å². The molecule has 22 heavy (non-hydrogen) atoms. The third kappa shape index (κ3) is 2.67. The van der Waals surface area contributed by atoms with E-state index in [4.69, 9.17) is 5.73 Å². The Morgan fingerprint density at radius 3 is 2.64 bits per heavy atom. The minimum absolute atomic E-state index is 0.506. The molecule has 2 N–H and O–H groups in total. The molecule has 1 saturated heterocycles. The van der Waals surface area contributed by atoms with Gasteiger partial charge in [-0.3, -0.25) is 0 Å². The number of hydrogen-bond donors (Lipinski definition) is 1. The average molecular weight is 367 g/mol. The number of anilines is 2. The zero-order valence-electron chi connectivity index (χ0n) is 13.2. The average Bonchev–Trinajstić information content (AvgIpc) is 2.88. The van der Waals surface area contributed by atoms with Crippen molar-refractivity contribution >= 4 is 33.1 Å². The molecule has 1 aliphatic rings. The maximum atomic E-state index is 5.97. The summed E-state index contributed by atoms with van der Waals surface area (Å²) in [6.07, 6.45) is 3.89. The van der Waals surface area contributed by atoms with Crippen LogP contribution in [0.3, 0.4) is 0 Å². The summed E-state index contributed by atoms with van der Waals surface area (Å²) in [4.78, 5) is 9.03. The van der Waals surface area contributed by atoms with Crippen molar-refractivity contribution in [1.29, 1.82) is 0 Å². The molecule has 0 bridgehead atoms. The normalized spacial score (nSPS) is 16.8. The molecule has 3 heterocycles. The molecule has 2 aromatic heterocycles. The van der Waals surface area contributed by atoms with E-state index < -0.39 is 0 Å². The van der Waals surface area contributed by atoms with Crippen molar-refractivity contribution in [3.63, 3.8) is 0 Å². The van der Waals surface area contributed by atoms with Gasteiger partial charge in [0.05, 0.1) is 4.47 Å². The van der Waals surface area contributed by atoms with Gasteiger partial charge in [0.2, 0.25) is 0 Å². The fourth-order valence-corrected chi connectivity index (χ4v) is 4.01. The summed E-state index contributed by atoms with van der Waals surface area (Å²) in [5.74, 6) is 1.60. The highest BCUT2D eigenvalue weighted by Crippen LogP contribution is 2.31. The van der Waals surface area contributed by atoms with Gasteiger partial charge in [0.25, 0.3) is 0 Å². The summed E-state index contributed by atoms with van der Waals surface area (Å²) in [5.41, 5.74) is 6.82. The first-order chi connectivity index (χ1) is 10.7. The second-order valence-electron chi connectivity index (χ2n) is 5.70. The Morgan fingerprint density at radius 1 is 1.32 bits per heavy atom. The topological polar surface area (TPSA) is 62.7 Å². The Morgan fingerprint density at radius 2 is 2.00 bits per heavy atom. The molecule has 1 fully saturated rings. The first-order valence-corrected chi connectivity index (χ1v) is 8.71. The molecule has 7 heteroatoms. The molecule has 0 amide bonds. The number of nitrogen functional groups attached to an aromatic ring is 1. The third-order valence-electron chi connectivity index (χ3n) is 4.63. The van der Waals surface area contributed by atoms with Crippen LogP contribution in [0.15, 0.2) is 16.9 Å². The molecule has 0 aliphatic carbocycles. The zero-order valence-corrected chi connectivity index (χ0v) is 14.8. The standard InChI is InChI=1S/C15H23BrN6/c1-3-20(4-2)11-5-7-21(8-6-11)13-9-12(16)14-15(17)18-10-19-22(13)14/h9-11H,3-8H2,1-2H3,(H2,17,18,19). The van der Waals surface area contributed by atoms with Crippen LogP contribution in [0.25, 0.3) is 5.52 Å². The summed E-state index contributed by atoms with van der Waals surface area (Å²) in [5, 5.41) is 4.37. The zero-order chi connectivity index (χ0) is 15.7. The lowest BCUT2D eigenvalue weighted by Crippen LogP contribution is -2.45. The Labute approximate surface area is 139 Å². The van der Waals surface area contributed by atoms with E-state index in [0.29, 0.717) is 11.9 Å². The number of hydrogen-bond acceptors (Lipinski definition) is 5. The summed E-state index contributed by atoms with van der Waals surface area (Å²) in [7, 11) is 0. The van der Waals surface area contributed by atoms with Crippen molar-refractivity contribution in [2.45, 2.75) is 32.7 Å². The Balaban J connectivity index is 1.81. The van der Waals surface area contributed by atoms with Crippen LogP contribution in [0.5, 0.6) is 0 Å². The number of nitrogens with zero attached hydrogens (tertiary/aromatic N) is 5. The lowest BCUT2D eigenvalue weighted by atomic mass is 10.0. The fraction of sp³-hybridized carbons (Fsp3) is 0.600. The lowest BCUT2D eigenvalue weighted by molar-refractivity contribution is 0.186. The number of piperidine rings is 1. The summed E-state index contributed by atoms with van der Waals surface area (Å²) < 4.78 is 2.84. The Hall–Kier alpha value is -1.34. The number of rotatable bonds is 4. The second kappa shape index (κ2) is 6.42. The van der Waals surface area contributed by atoms with Gasteiger partial charge in [0, 0.05) is 19.1 Å². The molecule has 0 atom stereocenters. The van der Waals surface area contributed by atoms with Crippen LogP contribution in [0.4, 0.5) is 11.6 Å². The minimum atomic E-state index is 0.506. The summed E-state index contributed by atoms with van der Waals surface area (Å²) in [6.45, 7) is 8.84. The highest BCUT2D eigenvalue weighted by molar-refractivity contribution is 9.10. The van der Waals surface area contributed by atoms with E-state index in [1.54, 1.807) is 0 Å². The van der Waals surface area contributed by atoms with E-state index in [-0.39, 0.29) is 0 Å². The molecule has 1 aliphatic heterocycles. The van der Waals surface area contributed by atoms with Crippen LogP contribution in [-0.4, -0.2) is 51.7 Å². The van der Waals surface area contributed by atoms with Gasteiger partial charge in [-0.05, 0) is 47.9 Å². The number of nitrogens with two attached hydrogens (primary N) is 1. The molecule has 6 nitrogen and oxygen atoms in total. The molecule has 0 saturated carbocycles. The Bertz CT molecular complexity index is 643. The highest BCUT2D eigenvalue weighted by Gasteiger charge is 2.25. The van der Waals surface area contributed by atoms with Gasteiger partial charge >= 0.3 is 0 Å². The maximum absolute atomic E-state index is 5.97. The maximum Gasteiger partial charge on any atom is 0.152 e. The van der Waals surface area contributed by atoms with Gasteiger partial charge in [0.15, 0.2) is 5.82 Å². The lowest BCUT2D eigenvalue weighted by Gasteiger charge is -2.38. The SMILES string of the molecule is CCN(CC)C1CCN(c2cc(Br)c3c(N)ncnn23)CC1. The van der Waals surface area contributed by atoms with Crippen molar-refractivity contribution in [1.82, 2.24) is 19.5 Å². The molecule has 0 aromatic carbocycles. The molecule has 2 aromatic rings. The molecular formula is C15H23BrN6. The van der Waals surface area contributed by atoms with Crippen molar-refractivity contribution < 1.29 is 0 Å². The van der Waals surface area contributed by atoms with E-state index in [2.05, 4.69) is 55.7 Å². The number of halogens is 1. The second-order valence-corrected chi connectivity index (χ2v) is 6.55. The fourth-order valence-electron chi connectivity index (χ4n) is 3.43. The van der Waals surface area contributed by atoms with E-state index in [1.807, 2.05) is 4.52 Å². The number of fused-ring (bicyclic) bond motifs is 1. The smallest absolute Gasteiger partial charge is 0.152 e. The van der Waals surface area contributed by atoms with Crippen LogP contribution < -0.4 is 10.6 Å². The van der Waals surface area contributed by atoms with Crippen LogP contribution >= 0.6 is 15.9 Å². The largest absolute Gasteiger partial charge is 0.382 e. The van der Waals surface area contributed by atoms with Crippen molar-refractivity contribution in [3.05, 3.63) is 16.9 Å². The summed E-state index contributed by atoms with van der Waals surface area (Å²) >= 11 is 3.58. The van der Waals surface area contributed by atoms with Gasteiger partial charge in [-0.25, -0.2) is 9.50 Å². The third-order valence-corrected chi connectivity index (χ3v) is 5.24. The molecule has 0 radical (unpaired) electrons. The quantitative estimate of drug-likeness (QED) is 0.899. The monoisotopic (exact) mass is 366 g/mol.